The van der Waals surface area contributed by atoms with Gasteiger partial charge in [0.05, 0.1) is 6.04 Å². The summed E-state index contributed by atoms with van der Waals surface area (Å²) in [5, 5.41) is 5.84. The Morgan fingerprint density at radius 2 is 2.13 bits per heavy atom. The van der Waals surface area contributed by atoms with Crippen LogP contribution in [0.5, 0.6) is 0 Å². The molecule has 2 rings (SSSR count). The maximum Gasteiger partial charge on any atom is 0.241 e. The molecule has 0 unspecified atom stereocenters. The zero-order valence-electron chi connectivity index (χ0n) is 8.29. The Labute approximate surface area is 87.7 Å². The van der Waals surface area contributed by atoms with Gasteiger partial charge in [-0.25, -0.2) is 4.39 Å². The highest BCUT2D eigenvalue weighted by Crippen LogP contribution is 2.11. The molecule has 1 aromatic carbocycles. The fourth-order valence-electron chi connectivity index (χ4n) is 1.67. The van der Waals surface area contributed by atoms with Gasteiger partial charge in [-0.3, -0.25) is 4.79 Å². The number of hydrogen-bond acceptors (Lipinski definition) is 2. The number of halogens is 1. The van der Waals surface area contributed by atoms with Crippen LogP contribution in [0.25, 0.3) is 0 Å². The molecule has 4 heteroatoms. The van der Waals surface area contributed by atoms with E-state index in [9.17, 15) is 9.18 Å². The van der Waals surface area contributed by atoms with Gasteiger partial charge in [0.1, 0.15) is 5.82 Å². The zero-order valence-corrected chi connectivity index (χ0v) is 8.29. The second-order valence-corrected chi connectivity index (χ2v) is 3.65. The molecular formula is C11H13FN2O. The molecule has 0 bridgehead atoms. The lowest BCUT2D eigenvalue weighted by Crippen LogP contribution is -2.35. The van der Waals surface area contributed by atoms with E-state index in [0.717, 1.165) is 19.4 Å². The second kappa shape index (κ2) is 4.40. The zero-order chi connectivity index (χ0) is 10.7. The standard InChI is InChI=1S/C11H13FN2O/c12-8-3-5-9(6-4-8)14-11(15)10-2-1-7-13-10/h3-6,10,13H,1-2,7H2,(H,14,15)/t10-/m0/s1. The van der Waals surface area contributed by atoms with Crippen molar-refractivity contribution in [2.24, 2.45) is 0 Å². The van der Waals surface area contributed by atoms with Crippen LogP contribution in [0.2, 0.25) is 0 Å². The van der Waals surface area contributed by atoms with Gasteiger partial charge in [-0.15, -0.1) is 0 Å². The predicted molar refractivity (Wildman–Crippen MR) is 56.1 cm³/mol. The van der Waals surface area contributed by atoms with Crippen LogP contribution in [0, 0.1) is 5.82 Å². The minimum absolute atomic E-state index is 0.0425. The topological polar surface area (TPSA) is 41.1 Å². The Hall–Kier alpha value is -1.42. The van der Waals surface area contributed by atoms with Gasteiger partial charge in [0.25, 0.3) is 0 Å². The molecule has 1 heterocycles. The summed E-state index contributed by atoms with van der Waals surface area (Å²) in [7, 11) is 0. The summed E-state index contributed by atoms with van der Waals surface area (Å²) in [6, 6.07) is 5.68. The van der Waals surface area contributed by atoms with E-state index < -0.39 is 0 Å². The van der Waals surface area contributed by atoms with Crippen LogP contribution in [0.3, 0.4) is 0 Å². The van der Waals surface area contributed by atoms with Crippen molar-refractivity contribution in [1.82, 2.24) is 5.32 Å². The van der Waals surface area contributed by atoms with Crippen LogP contribution in [0.15, 0.2) is 24.3 Å². The Balaban J connectivity index is 1.96. The summed E-state index contributed by atoms with van der Waals surface area (Å²) in [6.45, 7) is 0.890. The molecule has 3 nitrogen and oxygen atoms in total. The van der Waals surface area contributed by atoms with E-state index in [2.05, 4.69) is 10.6 Å². The molecule has 0 spiro atoms. The lowest BCUT2D eigenvalue weighted by atomic mass is 10.2. The van der Waals surface area contributed by atoms with Crippen molar-refractivity contribution < 1.29 is 9.18 Å². The summed E-state index contributed by atoms with van der Waals surface area (Å²) in [6.07, 6.45) is 1.90. The number of hydrogen-bond donors (Lipinski definition) is 2. The van der Waals surface area contributed by atoms with E-state index in [-0.39, 0.29) is 17.8 Å². The highest BCUT2D eigenvalue weighted by Gasteiger charge is 2.21. The first-order valence-electron chi connectivity index (χ1n) is 5.05. The number of benzene rings is 1. The van der Waals surface area contributed by atoms with Gasteiger partial charge in [-0.2, -0.15) is 0 Å². The third kappa shape index (κ3) is 2.53. The largest absolute Gasteiger partial charge is 0.325 e. The first-order valence-corrected chi connectivity index (χ1v) is 5.05. The quantitative estimate of drug-likeness (QED) is 0.773. The van der Waals surface area contributed by atoms with Crippen molar-refractivity contribution in [3.05, 3.63) is 30.1 Å². The van der Waals surface area contributed by atoms with E-state index in [4.69, 9.17) is 0 Å². The van der Waals surface area contributed by atoms with Crippen molar-refractivity contribution >= 4 is 11.6 Å². The molecule has 0 aromatic heterocycles. The number of nitrogens with one attached hydrogen (secondary N) is 2. The van der Waals surface area contributed by atoms with E-state index in [0.29, 0.717) is 5.69 Å². The second-order valence-electron chi connectivity index (χ2n) is 3.65. The summed E-state index contributed by atoms with van der Waals surface area (Å²) in [5.74, 6) is -0.342. The summed E-state index contributed by atoms with van der Waals surface area (Å²) < 4.78 is 12.6. The van der Waals surface area contributed by atoms with Gasteiger partial charge in [0.15, 0.2) is 0 Å². The SMILES string of the molecule is O=C(Nc1ccc(F)cc1)[C@@H]1CCCN1. The number of amides is 1. The van der Waals surface area contributed by atoms with Crippen LogP contribution in [-0.4, -0.2) is 18.5 Å². The first-order chi connectivity index (χ1) is 7.25. The van der Waals surface area contributed by atoms with Crippen LogP contribution in [-0.2, 0) is 4.79 Å². The predicted octanol–water partition coefficient (Wildman–Crippen LogP) is 1.52. The minimum Gasteiger partial charge on any atom is -0.325 e. The van der Waals surface area contributed by atoms with Crippen molar-refractivity contribution in [2.45, 2.75) is 18.9 Å². The number of carbonyl (C=O) groups is 1. The molecule has 1 amide bonds. The van der Waals surface area contributed by atoms with Crippen LogP contribution in [0.1, 0.15) is 12.8 Å². The van der Waals surface area contributed by atoms with Crippen LogP contribution >= 0.6 is 0 Å². The molecule has 15 heavy (non-hydrogen) atoms. The van der Waals surface area contributed by atoms with E-state index >= 15 is 0 Å². The summed E-state index contributed by atoms with van der Waals surface area (Å²) in [4.78, 5) is 11.6. The van der Waals surface area contributed by atoms with Crippen LogP contribution < -0.4 is 10.6 Å². The molecule has 1 aliphatic rings. The van der Waals surface area contributed by atoms with Gasteiger partial charge >= 0.3 is 0 Å². The molecular weight excluding hydrogens is 195 g/mol. The molecule has 0 radical (unpaired) electrons. The Morgan fingerprint density at radius 1 is 1.40 bits per heavy atom. The van der Waals surface area contributed by atoms with Gasteiger partial charge < -0.3 is 10.6 Å². The Kier molecular flexibility index (Phi) is 2.97. The van der Waals surface area contributed by atoms with Gasteiger partial charge in [0.2, 0.25) is 5.91 Å². The van der Waals surface area contributed by atoms with E-state index in [1.54, 1.807) is 12.1 Å². The van der Waals surface area contributed by atoms with Crippen molar-refractivity contribution in [1.29, 1.82) is 0 Å². The monoisotopic (exact) mass is 208 g/mol. The fraction of sp³-hybridized carbons (Fsp3) is 0.364. The molecule has 0 aliphatic carbocycles. The average molecular weight is 208 g/mol. The van der Waals surface area contributed by atoms with Gasteiger partial charge in [-0.05, 0) is 43.7 Å². The maximum atomic E-state index is 12.6. The third-order valence-electron chi connectivity index (χ3n) is 2.49. The Morgan fingerprint density at radius 3 is 2.73 bits per heavy atom. The lowest BCUT2D eigenvalue weighted by Gasteiger charge is -2.10. The molecule has 1 fully saturated rings. The van der Waals surface area contributed by atoms with Gasteiger partial charge in [-0.1, -0.05) is 0 Å². The molecule has 1 aromatic rings. The van der Waals surface area contributed by atoms with Gasteiger partial charge in [0, 0.05) is 5.69 Å². The van der Waals surface area contributed by atoms with E-state index in [1.807, 2.05) is 0 Å². The maximum absolute atomic E-state index is 12.6. The lowest BCUT2D eigenvalue weighted by molar-refractivity contribution is -0.117. The third-order valence-corrected chi connectivity index (χ3v) is 2.49. The van der Waals surface area contributed by atoms with Crippen LogP contribution in [0.4, 0.5) is 10.1 Å². The summed E-state index contributed by atoms with van der Waals surface area (Å²) >= 11 is 0. The van der Waals surface area contributed by atoms with Crippen molar-refractivity contribution in [3.8, 4) is 0 Å². The Bertz CT molecular complexity index is 344. The minimum atomic E-state index is -0.299. The highest BCUT2D eigenvalue weighted by molar-refractivity contribution is 5.94. The molecule has 2 N–H and O–H groups in total. The number of rotatable bonds is 2. The summed E-state index contributed by atoms with van der Waals surface area (Å²) in [5.41, 5.74) is 0.634. The highest BCUT2D eigenvalue weighted by atomic mass is 19.1. The van der Waals surface area contributed by atoms with Crippen molar-refractivity contribution in [3.63, 3.8) is 0 Å². The molecule has 0 saturated carbocycles. The molecule has 80 valence electrons. The normalized spacial score (nSPS) is 20.2. The smallest absolute Gasteiger partial charge is 0.241 e. The van der Waals surface area contributed by atoms with E-state index in [1.165, 1.54) is 12.1 Å². The van der Waals surface area contributed by atoms with Crippen molar-refractivity contribution in [2.75, 3.05) is 11.9 Å². The average Bonchev–Trinajstić information content (AvgIpc) is 2.74. The molecule has 1 aliphatic heterocycles. The molecule has 1 saturated heterocycles. The number of anilines is 1. The molecule has 1 atom stereocenters. The number of carbonyl (C=O) groups excluding carboxylic acids is 1. The first kappa shape index (κ1) is 10.1. The fourth-order valence-corrected chi connectivity index (χ4v) is 1.67.